The number of pyridine rings is 1. The second kappa shape index (κ2) is 11.1. The fraction of sp³-hybridized carbons (Fsp3) is 0.286. The highest BCUT2D eigenvalue weighted by Crippen LogP contribution is 2.34. The van der Waals surface area contributed by atoms with Crippen molar-refractivity contribution in [2.75, 3.05) is 0 Å². The summed E-state index contributed by atoms with van der Waals surface area (Å²) in [5.74, 6) is -0.652. The van der Waals surface area contributed by atoms with Crippen molar-refractivity contribution in [2.45, 2.75) is 50.5 Å². The van der Waals surface area contributed by atoms with Gasteiger partial charge in [-0.15, -0.1) is 0 Å². The van der Waals surface area contributed by atoms with E-state index in [1.54, 1.807) is 30.3 Å². The van der Waals surface area contributed by atoms with Gasteiger partial charge in [-0.25, -0.2) is 4.68 Å². The van der Waals surface area contributed by atoms with Crippen LogP contribution in [0, 0.1) is 0 Å². The van der Waals surface area contributed by atoms with Gasteiger partial charge in [-0.2, -0.15) is 18.3 Å². The number of dihydropyridines is 1. The predicted molar refractivity (Wildman–Crippen MR) is 139 cm³/mol. The van der Waals surface area contributed by atoms with Crippen LogP contribution >= 0.6 is 0 Å². The van der Waals surface area contributed by atoms with Crippen LogP contribution in [0.1, 0.15) is 58.5 Å². The molecule has 202 valence electrons. The van der Waals surface area contributed by atoms with Crippen molar-refractivity contribution in [1.29, 1.82) is 0 Å². The van der Waals surface area contributed by atoms with Gasteiger partial charge in [-0.1, -0.05) is 25.3 Å². The number of aromatic nitrogens is 3. The molecule has 2 amide bonds. The maximum atomic E-state index is 13.8. The highest BCUT2D eigenvalue weighted by molar-refractivity contribution is 6.00. The first-order valence-electron chi connectivity index (χ1n) is 12.7. The highest BCUT2D eigenvalue weighted by atomic mass is 19.4. The average Bonchev–Trinajstić information content (AvgIpc) is 3.41. The minimum absolute atomic E-state index is 0.132. The number of benzene rings is 1. The number of allylic oxidation sites excluding steroid dienone is 2. The number of nitrogens with one attached hydrogen (secondary N) is 3. The Morgan fingerprint density at radius 3 is 2.36 bits per heavy atom. The Morgan fingerprint density at radius 2 is 1.72 bits per heavy atom. The lowest BCUT2D eigenvalue weighted by Gasteiger charge is -2.23. The lowest BCUT2D eigenvalue weighted by molar-refractivity contribution is -0.142. The van der Waals surface area contributed by atoms with Crippen molar-refractivity contribution in [2.24, 2.45) is 0 Å². The monoisotopic (exact) mass is 536 g/mol. The largest absolute Gasteiger partial charge is 0.433 e. The maximum absolute atomic E-state index is 13.8. The zero-order valence-corrected chi connectivity index (χ0v) is 20.9. The quantitative estimate of drug-likeness (QED) is 0.423. The van der Waals surface area contributed by atoms with Crippen LogP contribution in [0.15, 0.2) is 73.2 Å². The SMILES string of the molecule is O=C(NC1CCCCC1)c1cccc(C(=O)NC2C=CC(n3nc(-c4cccnc4)cc3C(F)(F)F)=CN2)c1. The van der Waals surface area contributed by atoms with E-state index in [0.717, 1.165) is 36.4 Å². The number of carbonyl (C=O) groups excluding carboxylic acids is 2. The summed E-state index contributed by atoms with van der Waals surface area (Å²) in [6.45, 7) is 0. The van der Waals surface area contributed by atoms with Gasteiger partial charge in [0, 0.05) is 41.3 Å². The molecule has 0 saturated heterocycles. The fourth-order valence-corrected chi connectivity index (χ4v) is 4.67. The number of alkyl halides is 3. The molecule has 1 fully saturated rings. The summed E-state index contributed by atoms with van der Waals surface area (Å²) in [5, 5.41) is 12.8. The Bertz CT molecular complexity index is 1410. The van der Waals surface area contributed by atoms with Gasteiger partial charge in [0.15, 0.2) is 0 Å². The molecule has 2 aromatic heterocycles. The van der Waals surface area contributed by atoms with Gasteiger partial charge in [0.05, 0.1) is 11.4 Å². The van der Waals surface area contributed by atoms with E-state index in [1.165, 1.54) is 43.2 Å². The fourth-order valence-electron chi connectivity index (χ4n) is 4.67. The van der Waals surface area contributed by atoms with E-state index in [-0.39, 0.29) is 23.3 Å². The Labute approximate surface area is 223 Å². The minimum atomic E-state index is -4.64. The Morgan fingerprint density at radius 1 is 0.974 bits per heavy atom. The highest BCUT2D eigenvalue weighted by Gasteiger charge is 2.37. The standard InChI is InChI=1S/C28H27F3N6O2/c29-28(30,31)24-15-23(20-8-5-13-32-16-20)36-37(24)22-11-12-25(33-17-22)35-27(39)19-7-4-6-18(14-19)26(38)34-21-9-2-1-3-10-21/h4-8,11-17,21,25,33H,1-3,9-10H2,(H,34,38)(H,35,39). The molecule has 3 aromatic rings. The normalized spacial score (nSPS) is 17.7. The van der Waals surface area contributed by atoms with Crippen LogP contribution in [-0.2, 0) is 6.18 Å². The first-order valence-corrected chi connectivity index (χ1v) is 12.7. The van der Waals surface area contributed by atoms with Crippen LogP contribution in [0.4, 0.5) is 13.2 Å². The molecule has 1 atom stereocenters. The van der Waals surface area contributed by atoms with Crippen LogP contribution in [0.2, 0.25) is 0 Å². The van der Waals surface area contributed by atoms with E-state index in [4.69, 9.17) is 0 Å². The average molecular weight is 537 g/mol. The number of hydrogen-bond acceptors (Lipinski definition) is 5. The van der Waals surface area contributed by atoms with Crippen LogP contribution in [0.5, 0.6) is 0 Å². The molecule has 1 saturated carbocycles. The van der Waals surface area contributed by atoms with Gasteiger partial charge in [-0.3, -0.25) is 14.6 Å². The number of halogens is 3. The lowest BCUT2D eigenvalue weighted by Crippen LogP contribution is -2.43. The van der Waals surface area contributed by atoms with Crippen molar-refractivity contribution in [3.8, 4) is 11.3 Å². The third-order valence-corrected chi connectivity index (χ3v) is 6.69. The van der Waals surface area contributed by atoms with Gasteiger partial charge in [0.25, 0.3) is 11.8 Å². The van der Waals surface area contributed by atoms with E-state index in [9.17, 15) is 22.8 Å². The molecule has 1 aliphatic carbocycles. The zero-order chi connectivity index (χ0) is 27.4. The van der Waals surface area contributed by atoms with Gasteiger partial charge < -0.3 is 16.0 Å². The number of amides is 2. The van der Waals surface area contributed by atoms with E-state index in [2.05, 4.69) is 26.0 Å². The third kappa shape index (κ3) is 6.19. The molecule has 5 rings (SSSR count). The number of rotatable bonds is 6. The number of carbonyl (C=O) groups is 2. The molecule has 1 aromatic carbocycles. The number of nitrogens with zero attached hydrogens (tertiary/aromatic N) is 3. The summed E-state index contributed by atoms with van der Waals surface area (Å²) in [4.78, 5) is 29.5. The predicted octanol–water partition coefficient (Wildman–Crippen LogP) is 4.74. The molecule has 0 bridgehead atoms. The van der Waals surface area contributed by atoms with Gasteiger partial charge in [0.1, 0.15) is 11.9 Å². The molecule has 2 aliphatic rings. The summed E-state index contributed by atoms with van der Waals surface area (Å²) in [6, 6.07) is 10.8. The van der Waals surface area contributed by atoms with E-state index < -0.39 is 23.9 Å². The second-order valence-corrected chi connectivity index (χ2v) is 9.50. The van der Waals surface area contributed by atoms with Gasteiger partial charge in [-0.05, 0) is 61.4 Å². The molecule has 39 heavy (non-hydrogen) atoms. The van der Waals surface area contributed by atoms with Gasteiger partial charge in [0.2, 0.25) is 0 Å². The van der Waals surface area contributed by atoms with E-state index in [1.807, 2.05) is 0 Å². The number of hydrogen-bond donors (Lipinski definition) is 3. The van der Waals surface area contributed by atoms with E-state index in [0.29, 0.717) is 16.7 Å². The molecule has 3 N–H and O–H groups in total. The van der Waals surface area contributed by atoms with Crippen molar-refractivity contribution in [1.82, 2.24) is 30.7 Å². The summed E-state index contributed by atoms with van der Waals surface area (Å²) in [5.41, 5.74) is 0.478. The lowest BCUT2D eigenvalue weighted by atomic mass is 9.95. The second-order valence-electron chi connectivity index (χ2n) is 9.50. The Balaban J connectivity index is 1.25. The molecule has 3 heterocycles. The third-order valence-electron chi connectivity index (χ3n) is 6.69. The Hall–Kier alpha value is -4.41. The van der Waals surface area contributed by atoms with Crippen molar-refractivity contribution in [3.05, 3.63) is 90.0 Å². The topological polar surface area (TPSA) is 101 Å². The van der Waals surface area contributed by atoms with E-state index >= 15 is 0 Å². The van der Waals surface area contributed by atoms with Crippen molar-refractivity contribution >= 4 is 17.5 Å². The molecular formula is C28H27F3N6O2. The summed E-state index contributed by atoms with van der Waals surface area (Å²) >= 11 is 0. The van der Waals surface area contributed by atoms with Crippen LogP contribution in [0.3, 0.4) is 0 Å². The molecule has 11 heteroatoms. The molecule has 1 aliphatic heterocycles. The van der Waals surface area contributed by atoms with Crippen LogP contribution in [-0.4, -0.2) is 38.8 Å². The molecule has 0 spiro atoms. The summed E-state index contributed by atoms with van der Waals surface area (Å²) < 4.78 is 42.1. The maximum Gasteiger partial charge on any atom is 0.433 e. The molecule has 0 radical (unpaired) electrons. The molecule has 8 nitrogen and oxygen atoms in total. The van der Waals surface area contributed by atoms with Crippen molar-refractivity contribution in [3.63, 3.8) is 0 Å². The van der Waals surface area contributed by atoms with Crippen LogP contribution in [0.25, 0.3) is 17.0 Å². The summed E-state index contributed by atoms with van der Waals surface area (Å²) in [6.07, 6.45) is 7.26. The minimum Gasteiger partial charge on any atom is -0.366 e. The Kier molecular flexibility index (Phi) is 7.49. The smallest absolute Gasteiger partial charge is 0.366 e. The first kappa shape index (κ1) is 26.2. The first-order chi connectivity index (χ1) is 18.8. The molecular weight excluding hydrogens is 509 g/mol. The zero-order valence-electron chi connectivity index (χ0n) is 20.9. The molecule has 1 unspecified atom stereocenters. The van der Waals surface area contributed by atoms with Crippen LogP contribution < -0.4 is 16.0 Å². The summed E-state index contributed by atoms with van der Waals surface area (Å²) in [7, 11) is 0. The van der Waals surface area contributed by atoms with Crippen molar-refractivity contribution < 1.29 is 22.8 Å². The van der Waals surface area contributed by atoms with Gasteiger partial charge >= 0.3 is 6.18 Å².